The Labute approximate surface area is 175 Å². The van der Waals surface area contributed by atoms with Gasteiger partial charge in [0, 0.05) is 29.3 Å². The van der Waals surface area contributed by atoms with E-state index in [0.29, 0.717) is 18.7 Å². The van der Waals surface area contributed by atoms with E-state index in [1.807, 2.05) is 59.4 Å². The second-order valence-electron chi connectivity index (χ2n) is 5.97. The number of carbonyl (C=O) groups excluding carboxylic acids is 1. The lowest BCUT2D eigenvalue weighted by Gasteiger charge is -2.09. The molecule has 140 valence electrons. The minimum Gasteiger partial charge on any atom is -0.489 e. The van der Waals surface area contributed by atoms with Gasteiger partial charge in [-0.2, -0.15) is 5.10 Å². The van der Waals surface area contributed by atoms with Gasteiger partial charge in [-0.25, -0.2) is 0 Å². The van der Waals surface area contributed by atoms with Gasteiger partial charge in [0.25, 0.3) is 5.91 Å². The van der Waals surface area contributed by atoms with Crippen LogP contribution in [0, 0.1) is 0 Å². The minimum atomic E-state index is -0.0814. The average molecular weight is 493 g/mol. The van der Waals surface area contributed by atoms with Crippen LogP contribution in [0.15, 0.2) is 69.9 Å². The molecule has 7 heteroatoms. The van der Waals surface area contributed by atoms with Crippen LogP contribution in [0.4, 0.5) is 0 Å². The predicted octanol–water partition coefficient (Wildman–Crippen LogP) is 4.81. The van der Waals surface area contributed by atoms with Gasteiger partial charge in [-0.1, -0.05) is 28.1 Å². The maximum Gasteiger partial charge on any atom is 0.251 e. The van der Waals surface area contributed by atoms with Crippen molar-refractivity contribution in [2.75, 3.05) is 6.54 Å². The van der Waals surface area contributed by atoms with Gasteiger partial charge in [-0.3, -0.25) is 9.48 Å². The molecule has 0 spiro atoms. The molecule has 0 saturated heterocycles. The Hall–Kier alpha value is -2.12. The number of halogens is 2. The maximum atomic E-state index is 12.3. The summed E-state index contributed by atoms with van der Waals surface area (Å²) in [5, 5.41) is 7.14. The number of rotatable bonds is 8. The van der Waals surface area contributed by atoms with Gasteiger partial charge in [0.15, 0.2) is 0 Å². The molecule has 1 aromatic heterocycles. The molecule has 1 amide bonds. The first kappa shape index (κ1) is 19.6. The van der Waals surface area contributed by atoms with Crippen LogP contribution in [0.3, 0.4) is 0 Å². The van der Waals surface area contributed by atoms with Gasteiger partial charge in [-0.05, 0) is 64.3 Å². The number of carbonyl (C=O) groups is 1. The minimum absolute atomic E-state index is 0.0814. The van der Waals surface area contributed by atoms with Gasteiger partial charge < -0.3 is 10.1 Å². The van der Waals surface area contributed by atoms with E-state index in [1.54, 1.807) is 6.20 Å². The van der Waals surface area contributed by atoms with Crippen LogP contribution < -0.4 is 10.1 Å². The molecule has 0 bridgehead atoms. The zero-order valence-electron chi connectivity index (χ0n) is 14.6. The number of nitrogens with zero attached hydrogens (tertiary/aromatic N) is 2. The molecule has 3 rings (SSSR count). The Morgan fingerprint density at radius 1 is 1.11 bits per heavy atom. The number of amides is 1. The summed E-state index contributed by atoms with van der Waals surface area (Å²) >= 11 is 6.77. The number of benzene rings is 2. The van der Waals surface area contributed by atoms with Crippen molar-refractivity contribution in [3.63, 3.8) is 0 Å². The van der Waals surface area contributed by atoms with E-state index in [-0.39, 0.29) is 5.91 Å². The van der Waals surface area contributed by atoms with Crippen molar-refractivity contribution in [2.24, 2.45) is 0 Å². The SMILES string of the molecule is O=C(NCCCn1cc(Br)cn1)c1cccc(COc2ccc(Br)cc2)c1. The molecule has 0 fully saturated rings. The Kier molecular flexibility index (Phi) is 7.06. The molecule has 0 aliphatic heterocycles. The molecule has 0 unspecified atom stereocenters. The summed E-state index contributed by atoms with van der Waals surface area (Å²) in [5.41, 5.74) is 1.58. The number of hydrogen-bond acceptors (Lipinski definition) is 3. The van der Waals surface area contributed by atoms with Crippen molar-refractivity contribution in [1.29, 1.82) is 0 Å². The molecule has 2 aromatic carbocycles. The summed E-state index contributed by atoms with van der Waals surface area (Å²) < 4.78 is 9.57. The summed E-state index contributed by atoms with van der Waals surface area (Å²) in [6.45, 7) is 1.76. The van der Waals surface area contributed by atoms with Crippen LogP contribution in [0.2, 0.25) is 0 Å². The van der Waals surface area contributed by atoms with E-state index in [1.165, 1.54) is 0 Å². The quantitative estimate of drug-likeness (QED) is 0.459. The molecule has 0 radical (unpaired) electrons. The smallest absolute Gasteiger partial charge is 0.251 e. The second kappa shape index (κ2) is 9.71. The summed E-state index contributed by atoms with van der Waals surface area (Å²) in [7, 11) is 0. The third-order valence-electron chi connectivity index (χ3n) is 3.86. The van der Waals surface area contributed by atoms with Crippen LogP contribution in [-0.4, -0.2) is 22.2 Å². The molecule has 0 aliphatic rings. The first-order valence-corrected chi connectivity index (χ1v) is 10.1. The molecule has 0 saturated carbocycles. The van der Waals surface area contributed by atoms with Gasteiger partial charge in [0.05, 0.1) is 10.7 Å². The highest BCUT2D eigenvalue weighted by Gasteiger charge is 2.06. The van der Waals surface area contributed by atoms with Gasteiger partial charge in [-0.15, -0.1) is 0 Å². The van der Waals surface area contributed by atoms with E-state index in [2.05, 4.69) is 42.3 Å². The molecule has 0 atom stereocenters. The largest absolute Gasteiger partial charge is 0.489 e. The van der Waals surface area contributed by atoms with E-state index < -0.39 is 0 Å². The molecular formula is C20H19Br2N3O2. The monoisotopic (exact) mass is 491 g/mol. The van der Waals surface area contributed by atoms with Crippen molar-refractivity contribution in [3.8, 4) is 5.75 Å². The molecule has 5 nitrogen and oxygen atoms in total. The molecule has 3 aromatic rings. The van der Waals surface area contributed by atoms with Crippen molar-refractivity contribution in [3.05, 3.63) is 81.0 Å². The summed E-state index contributed by atoms with van der Waals surface area (Å²) in [6.07, 6.45) is 4.48. The molecule has 1 heterocycles. The number of aryl methyl sites for hydroxylation is 1. The summed E-state index contributed by atoms with van der Waals surface area (Å²) in [6, 6.07) is 15.2. The average Bonchev–Trinajstić information content (AvgIpc) is 3.10. The number of nitrogens with one attached hydrogen (secondary N) is 1. The summed E-state index contributed by atoms with van der Waals surface area (Å²) in [5.74, 6) is 0.709. The number of aromatic nitrogens is 2. The second-order valence-corrected chi connectivity index (χ2v) is 7.81. The molecular weight excluding hydrogens is 474 g/mol. The lowest BCUT2D eigenvalue weighted by atomic mass is 10.1. The molecule has 1 N–H and O–H groups in total. The Morgan fingerprint density at radius 2 is 1.93 bits per heavy atom. The zero-order chi connectivity index (χ0) is 19.1. The van der Waals surface area contributed by atoms with Crippen molar-refractivity contribution in [1.82, 2.24) is 15.1 Å². The fourth-order valence-electron chi connectivity index (χ4n) is 2.51. The van der Waals surface area contributed by atoms with Gasteiger partial charge in [0.1, 0.15) is 12.4 Å². The maximum absolute atomic E-state index is 12.3. The highest BCUT2D eigenvalue weighted by Crippen LogP contribution is 2.17. The normalized spacial score (nSPS) is 10.6. The van der Waals surface area contributed by atoms with Gasteiger partial charge in [0.2, 0.25) is 0 Å². The Bertz CT molecular complexity index is 894. The van der Waals surface area contributed by atoms with Crippen LogP contribution in [0.1, 0.15) is 22.3 Å². The van der Waals surface area contributed by atoms with Crippen molar-refractivity contribution < 1.29 is 9.53 Å². The predicted molar refractivity (Wildman–Crippen MR) is 112 cm³/mol. The van der Waals surface area contributed by atoms with E-state index in [0.717, 1.165) is 33.2 Å². The van der Waals surface area contributed by atoms with Crippen LogP contribution in [0.25, 0.3) is 0 Å². The first-order chi connectivity index (χ1) is 13.1. The van der Waals surface area contributed by atoms with Crippen molar-refractivity contribution >= 4 is 37.8 Å². The number of hydrogen-bond donors (Lipinski definition) is 1. The lowest BCUT2D eigenvalue weighted by Crippen LogP contribution is -2.25. The fraction of sp³-hybridized carbons (Fsp3) is 0.200. The highest BCUT2D eigenvalue weighted by atomic mass is 79.9. The van der Waals surface area contributed by atoms with Crippen LogP contribution >= 0.6 is 31.9 Å². The topological polar surface area (TPSA) is 56.2 Å². The summed E-state index contributed by atoms with van der Waals surface area (Å²) in [4.78, 5) is 12.3. The lowest BCUT2D eigenvalue weighted by molar-refractivity contribution is 0.0952. The fourth-order valence-corrected chi connectivity index (χ4v) is 3.10. The Balaban J connectivity index is 1.47. The standard InChI is InChI=1S/C20H19Br2N3O2/c21-17-5-7-19(8-6-17)27-14-15-3-1-4-16(11-15)20(26)23-9-2-10-25-13-18(22)12-24-25/h1,3-8,11-13H,2,9-10,14H2,(H,23,26). The molecule has 0 aliphatic carbocycles. The van der Waals surface area contributed by atoms with E-state index in [9.17, 15) is 4.79 Å². The molecule has 27 heavy (non-hydrogen) atoms. The van der Waals surface area contributed by atoms with E-state index >= 15 is 0 Å². The first-order valence-electron chi connectivity index (χ1n) is 8.53. The van der Waals surface area contributed by atoms with E-state index in [4.69, 9.17) is 4.74 Å². The third-order valence-corrected chi connectivity index (χ3v) is 4.80. The highest BCUT2D eigenvalue weighted by molar-refractivity contribution is 9.10. The Morgan fingerprint density at radius 3 is 2.67 bits per heavy atom. The third kappa shape index (κ3) is 6.22. The van der Waals surface area contributed by atoms with Gasteiger partial charge >= 0.3 is 0 Å². The zero-order valence-corrected chi connectivity index (χ0v) is 17.7. The number of ether oxygens (including phenoxy) is 1. The van der Waals surface area contributed by atoms with Crippen LogP contribution in [0.5, 0.6) is 5.75 Å². The van der Waals surface area contributed by atoms with Crippen LogP contribution in [-0.2, 0) is 13.2 Å². The van der Waals surface area contributed by atoms with Crippen molar-refractivity contribution in [2.45, 2.75) is 19.6 Å².